The van der Waals surface area contributed by atoms with Crippen LogP contribution in [-0.4, -0.2) is 61.8 Å². The Bertz CT molecular complexity index is 707. The topological polar surface area (TPSA) is 112 Å². The molecule has 1 heterocycles. The first kappa shape index (κ1) is 20.0. The molecule has 1 aromatic rings. The van der Waals surface area contributed by atoms with Gasteiger partial charge >= 0.3 is 11.9 Å². The number of rotatable bonds is 8. The molecule has 1 aromatic carbocycles. The third-order valence-corrected chi connectivity index (χ3v) is 5.71. The molecule has 1 unspecified atom stereocenters. The molecule has 26 heavy (non-hydrogen) atoms. The molecule has 2 rings (SSSR count). The van der Waals surface area contributed by atoms with Gasteiger partial charge in [0.25, 0.3) is 0 Å². The summed E-state index contributed by atoms with van der Waals surface area (Å²) < 4.78 is -1.34. The fourth-order valence-electron chi connectivity index (χ4n) is 3.01. The van der Waals surface area contributed by atoms with E-state index < -0.39 is 28.6 Å². The minimum atomic E-state index is -1.34. The number of benzene rings is 1. The van der Waals surface area contributed by atoms with E-state index >= 15 is 0 Å². The van der Waals surface area contributed by atoms with Crippen molar-refractivity contribution in [1.29, 1.82) is 0 Å². The number of aliphatic carboxylic acids is 2. The lowest BCUT2D eigenvalue weighted by molar-refractivity contribution is -0.149. The number of Topliss-reactive ketones (excluding diaryl/α,β-unsaturated/α-hetero) is 1. The Kier molecular flexibility index (Phi) is 6.42. The van der Waals surface area contributed by atoms with Gasteiger partial charge in [-0.25, -0.2) is 4.79 Å². The first-order chi connectivity index (χ1) is 12.2. The average Bonchev–Trinajstić information content (AvgIpc) is 3.10. The zero-order valence-corrected chi connectivity index (χ0v) is 15.2. The quantitative estimate of drug-likeness (QED) is 0.664. The number of ketones is 1. The average molecular weight is 379 g/mol. The molecule has 1 aliphatic heterocycles. The van der Waals surface area contributed by atoms with E-state index in [0.29, 0.717) is 24.9 Å². The number of hydrogen-bond acceptors (Lipinski definition) is 5. The normalized spacial score (nSPS) is 19.0. The fourth-order valence-corrected chi connectivity index (χ4v) is 3.93. The summed E-state index contributed by atoms with van der Waals surface area (Å²) in [4.78, 5) is 49.3. The summed E-state index contributed by atoms with van der Waals surface area (Å²) in [5.74, 6) is -3.33. The molecular formula is C18H21NO6S. The Morgan fingerprint density at radius 3 is 2.42 bits per heavy atom. The number of likely N-dealkylation sites (tertiary alicyclic amines) is 1. The van der Waals surface area contributed by atoms with Gasteiger partial charge < -0.3 is 15.1 Å². The molecule has 7 nitrogen and oxygen atoms in total. The molecule has 2 atom stereocenters. The second-order valence-corrected chi connectivity index (χ2v) is 7.85. The van der Waals surface area contributed by atoms with Gasteiger partial charge in [-0.15, -0.1) is 11.8 Å². The Morgan fingerprint density at radius 1 is 1.19 bits per heavy atom. The lowest BCUT2D eigenvalue weighted by atomic mass is 9.97. The summed E-state index contributed by atoms with van der Waals surface area (Å²) in [6.07, 6.45) is 0.721. The highest BCUT2D eigenvalue weighted by Crippen LogP contribution is 2.35. The monoisotopic (exact) mass is 379 g/mol. The SMILES string of the molecule is CC(CC(=O)c1ccccc1)(SCC(=O)O)C(=O)N1CCC[C@H]1C(=O)O. The van der Waals surface area contributed by atoms with Gasteiger partial charge in [0.2, 0.25) is 5.91 Å². The summed E-state index contributed by atoms with van der Waals surface area (Å²) >= 11 is 0.859. The highest BCUT2D eigenvalue weighted by Gasteiger charge is 2.45. The van der Waals surface area contributed by atoms with E-state index in [9.17, 15) is 24.3 Å². The summed E-state index contributed by atoms with van der Waals surface area (Å²) in [7, 11) is 0. The van der Waals surface area contributed by atoms with Gasteiger partial charge in [-0.1, -0.05) is 30.3 Å². The largest absolute Gasteiger partial charge is 0.481 e. The van der Waals surface area contributed by atoms with Crippen molar-refractivity contribution in [2.45, 2.75) is 37.0 Å². The number of carboxylic acids is 2. The van der Waals surface area contributed by atoms with Gasteiger partial charge in [0.05, 0.1) is 10.5 Å². The molecule has 0 aromatic heterocycles. The van der Waals surface area contributed by atoms with Crippen molar-refractivity contribution in [3.8, 4) is 0 Å². The number of thioether (sulfide) groups is 1. The lowest BCUT2D eigenvalue weighted by Crippen LogP contribution is -2.50. The van der Waals surface area contributed by atoms with E-state index in [1.807, 2.05) is 0 Å². The van der Waals surface area contributed by atoms with Crippen molar-refractivity contribution in [2.75, 3.05) is 12.3 Å². The minimum Gasteiger partial charge on any atom is -0.481 e. The summed E-state index contributed by atoms with van der Waals surface area (Å²) in [5, 5.41) is 18.3. The molecule has 2 N–H and O–H groups in total. The van der Waals surface area contributed by atoms with E-state index in [1.54, 1.807) is 30.3 Å². The maximum Gasteiger partial charge on any atom is 0.326 e. The molecule has 1 aliphatic rings. The second kappa shape index (κ2) is 8.35. The fraction of sp³-hybridized carbons (Fsp3) is 0.444. The molecule has 0 saturated carbocycles. The Morgan fingerprint density at radius 2 is 1.85 bits per heavy atom. The van der Waals surface area contributed by atoms with Crippen molar-refractivity contribution >= 4 is 35.4 Å². The van der Waals surface area contributed by atoms with Gasteiger partial charge in [0.15, 0.2) is 5.78 Å². The van der Waals surface area contributed by atoms with Crippen molar-refractivity contribution in [2.24, 2.45) is 0 Å². The van der Waals surface area contributed by atoms with Crippen LogP contribution in [0.4, 0.5) is 0 Å². The minimum absolute atomic E-state index is 0.198. The molecule has 0 radical (unpaired) electrons. The maximum atomic E-state index is 13.1. The van der Waals surface area contributed by atoms with Gasteiger partial charge in [-0.2, -0.15) is 0 Å². The zero-order valence-electron chi connectivity index (χ0n) is 14.4. The Labute approximate surface area is 155 Å². The molecular weight excluding hydrogens is 358 g/mol. The van der Waals surface area contributed by atoms with Crippen LogP contribution in [0.2, 0.25) is 0 Å². The van der Waals surface area contributed by atoms with Crippen LogP contribution < -0.4 is 0 Å². The maximum absolute atomic E-state index is 13.1. The molecule has 0 spiro atoms. The smallest absolute Gasteiger partial charge is 0.326 e. The molecule has 0 bridgehead atoms. The highest BCUT2D eigenvalue weighted by molar-refractivity contribution is 8.02. The van der Waals surface area contributed by atoms with E-state index in [0.717, 1.165) is 11.8 Å². The zero-order chi connectivity index (χ0) is 19.3. The summed E-state index contributed by atoms with van der Waals surface area (Å²) in [6, 6.07) is 7.51. The van der Waals surface area contributed by atoms with Crippen LogP contribution in [0, 0.1) is 0 Å². The molecule has 8 heteroatoms. The molecule has 1 fully saturated rings. The predicted octanol–water partition coefficient (Wildman–Crippen LogP) is 1.91. The van der Waals surface area contributed by atoms with Crippen LogP contribution in [0.15, 0.2) is 30.3 Å². The number of amides is 1. The lowest BCUT2D eigenvalue weighted by Gasteiger charge is -2.33. The van der Waals surface area contributed by atoms with E-state index in [2.05, 4.69) is 0 Å². The van der Waals surface area contributed by atoms with E-state index in [-0.39, 0.29) is 18.0 Å². The highest BCUT2D eigenvalue weighted by atomic mass is 32.2. The number of hydrogen-bond donors (Lipinski definition) is 2. The number of nitrogens with zero attached hydrogens (tertiary/aromatic N) is 1. The molecule has 0 aliphatic carbocycles. The standard InChI is InChI=1S/C18H21NO6S/c1-18(26-11-15(21)22,10-14(20)12-6-3-2-4-7-12)17(25)19-9-5-8-13(19)16(23)24/h2-4,6-7,13H,5,8-11H2,1H3,(H,21,22)(H,23,24)/t13-,18?/m0/s1. The first-order valence-corrected chi connectivity index (χ1v) is 9.21. The van der Waals surface area contributed by atoms with Crippen molar-refractivity contribution in [1.82, 2.24) is 4.90 Å². The van der Waals surface area contributed by atoms with Gasteiger partial charge in [0.1, 0.15) is 6.04 Å². The van der Waals surface area contributed by atoms with Crippen LogP contribution in [0.3, 0.4) is 0 Å². The van der Waals surface area contributed by atoms with Gasteiger partial charge in [0, 0.05) is 18.5 Å². The van der Waals surface area contributed by atoms with Crippen molar-refractivity contribution in [3.05, 3.63) is 35.9 Å². The van der Waals surface area contributed by atoms with Crippen LogP contribution in [-0.2, 0) is 14.4 Å². The predicted molar refractivity (Wildman–Crippen MR) is 96.3 cm³/mol. The number of carboxylic acid groups (broad SMARTS) is 2. The summed E-state index contributed by atoms with van der Waals surface area (Å²) in [5.41, 5.74) is 0.429. The second-order valence-electron chi connectivity index (χ2n) is 6.37. The third kappa shape index (κ3) is 4.63. The van der Waals surface area contributed by atoms with Crippen LogP contribution in [0.5, 0.6) is 0 Å². The van der Waals surface area contributed by atoms with E-state index in [1.165, 1.54) is 11.8 Å². The van der Waals surface area contributed by atoms with E-state index in [4.69, 9.17) is 5.11 Å². The number of carbonyl (C=O) groups excluding carboxylic acids is 2. The number of carbonyl (C=O) groups is 4. The molecule has 1 amide bonds. The van der Waals surface area contributed by atoms with Crippen LogP contribution in [0.1, 0.15) is 36.5 Å². The Hall–Kier alpha value is -2.35. The first-order valence-electron chi connectivity index (χ1n) is 8.22. The van der Waals surface area contributed by atoms with Gasteiger partial charge in [-0.05, 0) is 19.8 Å². The van der Waals surface area contributed by atoms with Gasteiger partial charge in [-0.3, -0.25) is 14.4 Å². The summed E-state index contributed by atoms with van der Waals surface area (Å²) in [6.45, 7) is 1.81. The van der Waals surface area contributed by atoms with Crippen molar-refractivity contribution < 1.29 is 29.4 Å². The molecule has 140 valence electrons. The van der Waals surface area contributed by atoms with Crippen LogP contribution in [0.25, 0.3) is 0 Å². The van der Waals surface area contributed by atoms with Crippen molar-refractivity contribution in [3.63, 3.8) is 0 Å². The third-order valence-electron chi connectivity index (χ3n) is 4.36. The molecule has 1 saturated heterocycles. The Balaban J connectivity index is 2.25. The van der Waals surface area contributed by atoms with Crippen LogP contribution >= 0.6 is 11.8 Å².